The molecule has 1 heterocycles. The lowest BCUT2D eigenvalue weighted by Crippen LogP contribution is -1.85. The zero-order valence-electron chi connectivity index (χ0n) is 6.38. The van der Waals surface area contributed by atoms with Crippen LogP contribution in [0.25, 0.3) is 10.1 Å². The molecule has 0 N–H and O–H groups in total. The van der Waals surface area contributed by atoms with E-state index < -0.39 is 5.82 Å². The molecule has 0 bridgehead atoms. The fraction of sp³-hybridized carbons (Fsp3) is 0. The van der Waals surface area contributed by atoms with Crippen molar-refractivity contribution in [1.29, 1.82) is 0 Å². The van der Waals surface area contributed by atoms with Crippen LogP contribution in [0.1, 0.15) is 10.4 Å². The second-order valence-corrected chi connectivity index (χ2v) is 5.01. The van der Waals surface area contributed by atoms with Crippen molar-refractivity contribution in [3.63, 3.8) is 0 Å². The number of rotatable bonds is 1. The average Bonchev–Trinajstić information content (AvgIpc) is 2.47. The zero-order valence-corrected chi connectivity index (χ0v) is 8.78. The van der Waals surface area contributed by atoms with Crippen LogP contribution >= 0.6 is 27.3 Å². The van der Waals surface area contributed by atoms with E-state index in [0.717, 1.165) is 8.49 Å². The van der Waals surface area contributed by atoms with E-state index in [9.17, 15) is 9.18 Å². The second-order valence-electron chi connectivity index (χ2n) is 2.55. The molecule has 0 aliphatic heterocycles. The minimum absolute atomic E-state index is 0.109. The third-order valence-electron chi connectivity index (χ3n) is 1.76. The van der Waals surface area contributed by atoms with Crippen LogP contribution in [-0.4, -0.2) is 6.29 Å². The van der Waals surface area contributed by atoms with Crippen molar-refractivity contribution in [1.82, 2.24) is 0 Å². The van der Waals surface area contributed by atoms with Crippen LogP contribution in [-0.2, 0) is 0 Å². The van der Waals surface area contributed by atoms with E-state index in [2.05, 4.69) is 15.9 Å². The summed E-state index contributed by atoms with van der Waals surface area (Å²) in [6.45, 7) is 0. The van der Waals surface area contributed by atoms with Gasteiger partial charge in [-0.3, -0.25) is 4.79 Å². The number of hydrogen-bond donors (Lipinski definition) is 0. The van der Waals surface area contributed by atoms with Gasteiger partial charge in [-0.15, -0.1) is 11.3 Å². The molecule has 0 atom stereocenters. The first-order valence-electron chi connectivity index (χ1n) is 3.55. The highest BCUT2D eigenvalue weighted by atomic mass is 79.9. The van der Waals surface area contributed by atoms with Gasteiger partial charge in [0.05, 0.1) is 9.35 Å². The summed E-state index contributed by atoms with van der Waals surface area (Å²) >= 11 is 4.71. The summed E-state index contributed by atoms with van der Waals surface area (Å²) in [5, 5.41) is 0.501. The summed E-state index contributed by atoms with van der Waals surface area (Å²) in [6, 6.07) is 4.92. The molecule has 0 spiro atoms. The Balaban J connectivity index is 2.85. The Morgan fingerprint density at radius 1 is 1.46 bits per heavy atom. The molecule has 0 unspecified atom stereocenters. The lowest BCUT2D eigenvalue weighted by atomic mass is 10.2. The number of fused-ring (bicyclic) bond motifs is 1. The van der Waals surface area contributed by atoms with E-state index >= 15 is 0 Å². The summed E-state index contributed by atoms with van der Waals surface area (Å²) in [4.78, 5) is 10.4. The molecule has 2 rings (SSSR count). The molecule has 0 amide bonds. The lowest BCUT2D eigenvalue weighted by Gasteiger charge is -1.94. The number of carbonyl (C=O) groups excluding carboxylic acids is 1. The van der Waals surface area contributed by atoms with Crippen molar-refractivity contribution in [2.75, 3.05) is 0 Å². The lowest BCUT2D eigenvalue weighted by molar-refractivity contribution is 0.112. The van der Waals surface area contributed by atoms with Gasteiger partial charge in [-0.05, 0) is 34.1 Å². The van der Waals surface area contributed by atoms with Gasteiger partial charge in [0.25, 0.3) is 0 Å². The third kappa shape index (κ3) is 1.40. The van der Waals surface area contributed by atoms with E-state index in [1.807, 2.05) is 0 Å². The maximum Gasteiger partial charge on any atom is 0.153 e. The summed E-state index contributed by atoms with van der Waals surface area (Å²) in [5.41, 5.74) is 0.109. The van der Waals surface area contributed by atoms with Gasteiger partial charge >= 0.3 is 0 Å². The van der Waals surface area contributed by atoms with Crippen molar-refractivity contribution in [2.45, 2.75) is 0 Å². The van der Waals surface area contributed by atoms with Crippen LogP contribution in [0.15, 0.2) is 22.0 Å². The SMILES string of the molecule is O=Cc1ccc2sc(Br)cc2c1F. The standard InChI is InChI=1S/C9H4BrFOS/c10-8-3-6-7(13-8)2-1-5(4-12)9(6)11/h1-4H. The molecule has 2 aromatic rings. The molecule has 0 fully saturated rings. The Bertz CT molecular complexity index is 478. The highest BCUT2D eigenvalue weighted by Crippen LogP contribution is 2.32. The van der Waals surface area contributed by atoms with E-state index in [1.54, 1.807) is 12.1 Å². The summed E-state index contributed by atoms with van der Waals surface area (Å²) < 4.78 is 15.1. The number of hydrogen-bond acceptors (Lipinski definition) is 2. The number of carbonyl (C=O) groups is 1. The highest BCUT2D eigenvalue weighted by Gasteiger charge is 2.08. The largest absolute Gasteiger partial charge is 0.298 e. The molecule has 0 saturated carbocycles. The predicted molar refractivity (Wildman–Crippen MR) is 54.9 cm³/mol. The quantitative estimate of drug-likeness (QED) is 0.715. The van der Waals surface area contributed by atoms with Crippen LogP contribution in [0.2, 0.25) is 0 Å². The van der Waals surface area contributed by atoms with Crippen LogP contribution in [0.5, 0.6) is 0 Å². The monoisotopic (exact) mass is 258 g/mol. The number of halogens is 2. The van der Waals surface area contributed by atoms with Crippen molar-refractivity contribution in [3.8, 4) is 0 Å². The van der Waals surface area contributed by atoms with E-state index in [0.29, 0.717) is 11.7 Å². The maximum atomic E-state index is 13.4. The van der Waals surface area contributed by atoms with Gasteiger partial charge in [0, 0.05) is 10.1 Å². The molecular weight excluding hydrogens is 255 g/mol. The van der Waals surface area contributed by atoms with Gasteiger partial charge in [0.15, 0.2) is 6.29 Å². The van der Waals surface area contributed by atoms with Crippen molar-refractivity contribution < 1.29 is 9.18 Å². The Labute approximate surface area is 86.3 Å². The first kappa shape index (κ1) is 8.84. The Hall–Kier alpha value is -0.740. The molecular formula is C9H4BrFOS. The van der Waals surface area contributed by atoms with Gasteiger partial charge in [-0.2, -0.15) is 0 Å². The topological polar surface area (TPSA) is 17.1 Å². The van der Waals surface area contributed by atoms with E-state index in [1.165, 1.54) is 17.4 Å². The molecule has 0 saturated heterocycles. The van der Waals surface area contributed by atoms with Gasteiger partial charge in [0.1, 0.15) is 5.82 Å². The summed E-state index contributed by atoms with van der Waals surface area (Å²) in [5.74, 6) is -0.436. The fourth-order valence-corrected chi connectivity index (χ4v) is 2.69. The summed E-state index contributed by atoms with van der Waals surface area (Å²) in [6.07, 6.45) is 0.528. The molecule has 0 aliphatic carbocycles. The zero-order chi connectivity index (χ0) is 9.42. The van der Waals surface area contributed by atoms with Gasteiger partial charge in [-0.1, -0.05) is 0 Å². The minimum Gasteiger partial charge on any atom is -0.298 e. The number of benzene rings is 1. The maximum absolute atomic E-state index is 13.4. The van der Waals surface area contributed by atoms with E-state index in [-0.39, 0.29) is 5.56 Å². The highest BCUT2D eigenvalue weighted by molar-refractivity contribution is 9.11. The van der Waals surface area contributed by atoms with Crippen LogP contribution in [0.4, 0.5) is 4.39 Å². The smallest absolute Gasteiger partial charge is 0.153 e. The molecule has 4 heteroatoms. The normalized spacial score (nSPS) is 10.6. The van der Waals surface area contributed by atoms with Gasteiger partial charge in [0.2, 0.25) is 0 Å². The molecule has 1 nitrogen and oxygen atoms in total. The molecule has 13 heavy (non-hydrogen) atoms. The molecule has 1 aromatic heterocycles. The van der Waals surface area contributed by atoms with Gasteiger partial charge < -0.3 is 0 Å². The summed E-state index contributed by atoms with van der Waals surface area (Å²) in [7, 11) is 0. The molecule has 0 aliphatic rings. The minimum atomic E-state index is -0.436. The van der Waals surface area contributed by atoms with Crippen LogP contribution < -0.4 is 0 Å². The van der Waals surface area contributed by atoms with Crippen molar-refractivity contribution in [3.05, 3.63) is 33.4 Å². The van der Waals surface area contributed by atoms with Crippen molar-refractivity contribution in [2.24, 2.45) is 0 Å². The Kier molecular flexibility index (Phi) is 2.17. The first-order chi connectivity index (χ1) is 6.22. The number of aldehydes is 1. The molecule has 0 radical (unpaired) electrons. The number of thiophene rings is 1. The first-order valence-corrected chi connectivity index (χ1v) is 5.16. The van der Waals surface area contributed by atoms with Crippen molar-refractivity contribution >= 4 is 43.6 Å². The molecule has 66 valence electrons. The second kappa shape index (κ2) is 3.20. The predicted octanol–water partition coefficient (Wildman–Crippen LogP) is 3.62. The average molecular weight is 259 g/mol. The fourth-order valence-electron chi connectivity index (χ4n) is 1.15. The van der Waals surface area contributed by atoms with E-state index in [4.69, 9.17) is 0 Å². The molecule has 1 aromatic carbocycles. The van der Waals surface area contributed by atoms with Crippen LogP contribution in [0, 0.1) is 5.82 Å². The third-order valence-corrected chi connectivity index (χ3v) is 3.37. The van der Waals surface area contributed by atoms with Gasteiger partial charge in [-0.25, -0.2) is 4.39 Å². The van der Waals surface area contributed by atoms with Crippen LogP contribution in [0.3, 0.4) is 0 Å². The Morgan fingerprint density at radius 3 is 2.92 bits per heavy atom. The Morgan fingerprint density at radius 2 is 2.23 bits per heavy atom.